The summed E-state index contributed by atoms with van der Waals surface area (Å²) in [7, 11) is 0. The van der Waals surface area contributed by atoms with Crippen molar-refractivity contribution < 1.29 is 14.7 Å². The number of hydrogen-bond acceptors (Lipinski definition) is 3. The number of urea groups is 1. The summed E-state index contributed by atoms with van der Waals surface area (Å²) in [6.45, 7) is 2.37. The van der Waals surface area contributed by atoms with Gasteiger partial charge in [-0.25, -0.2) is 4.79 Å². The van der Waals surface area contributed by atoms with Gasteiger partial charge in [-0.1, -0.05) is 0 Å². The van der Waals surface area contributed by atoms with Gasteiger partial charge in [0.1, 0.15) is 0 Å². The van der Waals surface area contributed by atoms with E-state index >= 15 is 0 Å². The van der Waals surface area contributed by atoms with Gasteiger partial charge in [0, 0.05) is 19.0 Å². The number of carbonyl (C=O) groups excluding carboxylic acids is 1. The quantitative estimate of drug-likeness (QED) is 0.707. The maximum absolute atomic E-state index is 11.5. The Kier molecular flexibility index (Phi) is 6.21. The Labute approximate surface area is 110 Å². The number of aliphatic carboxylic acids is 1. The minimum atomic E-state index is -0.846. The first-order valence-corrected chi connectivity index (χ1v) is 6.79. The molecule has 1 aromatic heterocycles. The summed E-state index contributed by atoms with van der Waals surface area (Å²) in [5, 5.41) is 18.0. The smallest absolute Gasteiger partial charge is 0.315 e. The maximum Gasteiger partial charge on any atom is 0.315 e. The first kappa shape index (κ1) is 14.5. The van der Waals surface area contributed by atoms with Gasteiger partial charge in [-0.15, -0.1) is 0 Å². The van der Waals surface area contributed by atoms with Crippen LogP contribution in [0.3, 0.4) is 0 Å². The molecule has 0 radical (unpaired) electrons. The molecule has 0 aromatic carbocycles. The lowest BCUT2D eigenvalue weighted by Gasteiger charge is -2.13. The third-order valence-corrected chi connectivity index (χ3v) is 3.18. The molecule has 1 atom stereocenters. The Bertz CT molecular complexity index is 379. The van der Waals surface area contributed by atoms with Crippen LogP contribution in [0, 0.1) is 0 Å². The van der Waals surface area contributed by atoms with Gasteiger partial charge >= 0.3 is 12.0 Å². The molecule has 1 aromatic rings. The molecule has 1 heterocycles. The number of thiophene rings is 1. The lowest BCUT2D eigenvalue weighted by atomic mass is 10.2. The van der Waals surface area contributed by atoms with Crippen LogP contribution in [-0.2, 0) is 11.2 Å². The molecule has 0 saturated carbocycles. The van der Waals surface area contributed by atoms with Gasteiger partial charge in [-0.05, 0) is 42.2 Å². The summed E-state index contributed by atoms with van der Waals surface area (Å²) >= 11 is 1.63. The van der Waals surface area contributed by atoms with Gasteiger partial charge in [0.2, 0.25) is 0 Å². The summed E-state index contributed by atoms with van der Waals surface area (Å²) in [5.41, 5.74) is 1.21. The lowest BCUT2D eigenvalue weighted by molar-refractivity contribution is -0.137. The topological polar surface area (TPSA) is 78.4 Å². The first-order chi connectivity index (χ1) is 8.58. The summed E-state index contributed by atoms with van der Waals surface area (Å²) in [5.74, 6) is -0.846. The maximum atomic E-state index is 11.5. The summed E-state index contributed by atoms with van der Waals surface area (Å²) in [4.78, 5) is 21.8. The molecular weight excluding hydrogens is 252 g/mol. The van der Waals surface area contributed by atoms with E-state index in [-0.39, 0.29) is 18.5 Å². The number of carboxylic acid groups (broad SMARTS) is 1. The van der Waals surface area contributed by atoms with E-state index in [9.17, 15) is 9.59 Å². The van der Waals surface area contributed by atoms with Crippen LogP contribution in [-0.4, -0.2) is 29.7 Å². The number of carboxylic acids is 1. The van der Waals surface area contributed by atoms with Crippen LogP contribution >= 0.6 is 11.3 Å². The van der Waals surface area contributed by atoms with Crippen molar-refractivity contribution in [3.63, 3.8) is 0 Å². The average molecular weight is 270 g/mol. The number of carbonyl (C=O) groups is 2. The third-order valence-electron chi connectivity index (χ3n) is 2.45. The van der Waals surface area contributed by atoms with E-state index in [1.807, 2.05) is 11.4 Å². The fourth-order valence-electron chi connectivity index (χ4n) is 1.44. The van der Waals surface area contributed by atoms with Crippen LogP contribution in [0.5, 0.6) is 0 Å². The van der Waals surface area contributed by atoms with Crippen molar-refractivity contribution >= 4 is 23.3 Å². The molecule has 0 fully saturated rings. The van der Waals surface area contributed by atoms with Crippen molar-refractivity contribution in [1.82, 2.24) is 10.6 Å². The van der Waals surface area contributed by atoms with Crippen molar-refractivity contribution in [3.05, 3.63) is 22.4 Å². The van der Waals surface area contributed by atoms with Crippen molar-refractivity contribution in [2.45, 2.75) is 32.2 Å². The van der Waals surface area contributed by atoms with E-state index in [1.165, 1.54) is 5.56 Å². The predicted molar refractivity (Wildman–Crippen MR) is 70.9 cm³/mol. The molecule has 0 bridgehead atoms. The van der Waals surface area contributed by atoms with Crippen LogP contribution in [0.4, 0.5) is 4.79 Å². The van der Waals surface area contributed by atoms with Gasteiger partial charge in [0.25, 0.3) is 0 Å². The highest BCUT2D eigenvalue weighted by Crippen LogP contribution is 2.05. The number of amides is 2. The number of hydrogen-bond donors (Lipinski definition) is 3. The third kappa shape index (κ3) is 6.24. The average Bonchev–Trinajstić information content (AvgIpc) is 2.79. The molecule has 1 rings (SSSR count). The Morgan fingerprint density at radius 1 is 1.50 bits per heavy atom. The van der Waals surface area contributed by atoms with E-state index in [0.717, 1.165) is 6.42 Å². The van der Waals surface area contributed by atoms with Crippen molar-refractivity contribution in [2.24, 2.45) is 0 Å². The SMILES string of the molecule is CC(CCC(=O)O)NC(=O)NCCc1ccsc1. The van der Waals surface area contributed by atoms with E-state index in [4.69, 9.17) is 5.11 Å². The zero-order valence-corrected chi connectivity index (χ0v) is 11.1. The lowest BCUT2D eigenvalue weighted by Crippen LogP contribution is -2.41. The summed E-state index contributed by atoms with van der Waals surface area (Å²) in [6, 6.07) is 1.64. The second-order valence-electron chi connectivity index (χ2n) is 4.12. The summed E-state index contributed by atoms with van der Waals surface area (Å²) < 4.78 is 0. The van der Waals surface area contributed by atoms with E-state index in [2.05, 4.69) is 16.0 Å². The molecule has 100 valence electrons. The minimum Gasteiger partial charge on any atom is -0.481 e. The molecule has 18 heavy (non-hydrogen) atoms. The molecule has 0 aliphatic rings. The second-order valence-corrected chi connectivity index (χ2v) is 4.90. The predicted octanol–water partition coefficient (Wildman–Crippen LogP) is 1.84. The Hall–Kier alpha value is -1.56. The highest BCUT2D eigenvalue weighted by atomic mass is 32.1. The van der Waals surface area contributed by atoms with Gasteiger partial charge in [-0.3, -0.25) is 4.79 Å². The monoisotopic (exact) mass is 270 g/mol. The molecular formula is C12H18N2O3S. The molecule has 0 spiro atoms. The zero-order chi connectivity index (χ0) is 13.4. The van der Waals surface area contributed by atoms with Crippen LogP contribution in [0.2, 0.25) is 0 Å². The fraction of sp³-hybridized carbons (Fsp3) is 0.500. The molecule has 0 saturated heterocycles. The van der Waals surface area contributed by atoms with Crippen LogP contribution in [0.25, 0.3) is 0 Å². The Morgan fingerprint density at radius 3 is 2.89 bits per heavy atom. The van der Waals surface area contributed by atoms with Crippen molar-refractivity contribution in [1.29, 1.82) is 0 Å². The highest BCUT2D eigenvalue weighted by Gasteiger charge is 2.08. The molecule has 0 aliphatic carbocycles. The van der Waals surface area contributed by atoms with Crippen LogP contribution < -0.4 is 10.6 Å². The summed E-state index contributed by atoms with van der Waals surface area (Å²) in [6.07, 6.45) is 1.31. The molecule has 3 N–H and O–H groups in total. The van der Waals surface area contributed by atoms with Gasteiger partial charge in [0.15, 0.2) is 0 Å². The normalized spacial score (nSPS) is 11.8. The Morgan fingerprint density at radius 2 is 2.28 bits per heavy atom. The zero-order valence-electron chi connectivity index (χ0n) is 10.3. The minimum absolute atomic E-state index is 0.0658. The second kappa shape index (κ2) is 7.71. The molecule has 5 nitrogen and oxygen atoms in total. The molecule has 6 heteroatoms. The highest BCUT2D eigenvalue weighted by molar-refractivity contribution is 7.07. The molecule has 0 aliphatic heterocycles. The van der Waals surface area contributed by atoms with E-state index < -0.39 is 5.97 Å². The van der Waals surface area contributed by atoms with Crippen molar-refractivity contribution in [3.8, 4) is 0 Å². The van der Waals surface area contributed by atoms with Gasteiger partial charge in [-0.2, -0.15) is 11.3 Å². The number of rotatable bonds is 7. The van der Waals surface area contributed by atoms with Gasteiger partial charge in [0.05, 0.1) is 0 Å². The van der Waals surface area contributed by atoms with Crippen LogP contribution in [0.15, 0.2) is 16.8 Å². The van der Waals surface area contributed by atoms with E-state index in [0.29, 0.717) is 13.0 Å². The molecule has 2 amide bonds. The standard InChI is InChI=1S/C12H18N2O3S/c1-9(2-3-11(15)16)14-12(17)13-6-4-10-5-7-18-8-10/h5,7-9H,2-4,6H2,1H3,(H,15,16)(H2,13,14,17). The first-order valence-electron chi connectivity index (χ1n) is 5.85. The molecule has 1 unspecified atom stereocenters. The van der Waals surface area contributed by atoms with Crippen molar-refractivity contribution in [2.75, 3.05) is 6.54 Å². The number of nitrogens with one attached hydrogen (secondary N) is 2. The largest absolute Gasteiger partial charge is 0.481 e. The van der Waals surface area contributed by atoms with E-state index in [1.54, 1.807) is 18.3 Å². The fourth-order valence-corrected chi connectivity index (χ4v) is 2.15. The van der Waals surface area contributed by atoms with Crippen LogP contribution in [0.1, 0.15) is 25.3 Å². The van der Waals surface area contributed by atoms with Gasteiger partial charge < -0.3 is 15.7 Å². The Balaban J connectivity index is 2.11.